The molecule has 0 spiro atoms. The number of aliphatic hydroxyl groups excluding tert-OH is 1. The molecule has 1 fully saturated rings. The van der Waals surface area contributed by atoms with Crippen LogP contribution in [-0.4, -0.2) is 48.3 Å². The first kappa shape index (κ1) is 12.2. The summed E-state index contributed by atoms with van der Waals surface area (Å²) in [4.78, 5) is 13.2. The normalized spacial score (nSPS) is 18.8. The van der Waals surface area contributed by atoms with Gasteiger partial charge >= 0.3 is 5.97 Å². The van der Waals surface area contributed by atoms with E-state index in [1.165, 1.54) is 12.8 Å². The van der Waals surface area contributed by atoms with Crippen molar-refractivity contribution in [2.45, 2.75) is 25.9 Å². The van der Waals surface area contributed by atoms with E-state index in [0.717, 1.165) is 13.1 Å². The van der Waals surface area contributed by atoms with Gasteiger partial charge in [0, 0.05) is 12.1 Å². The van der Waals surface area contributed by atoms with Crippen molar-refractivity contribution < 1.29 is 14.6 Å². The molecule has 1 aliphatic rings. The molecule has 86 valence electrons. The second-order valence-electron chi connectivity index (χ2n) is 4.04. The molecule has 1 saturated heterocycles. The van der Waals surface area contributed by atoms with E-state index in [4.69, 9.17) is 4.74 Å². The minimum absolute atomic E-state index is 0.0577. The van der Waals surface area contributed by atoms with Gasteiger partial charge < -0.3 is 14.7 Å². The van der Waals surface area contributed by atoms with E-state index in [1.807, 2.05) is 0 Å². The van der Waals surface area contributed by atoms with Gasteiger partial charge in [0.2, 0.25) is 0 Å². The predicted molar refractivity (Wildman–Crippen MR) is 57.5 cm³/mol. The molecule has 0 bridgehead atoms. The molecule has 0 aliphatic carbocycles. The van der Waals surface area contributed by atoms with Gasteiger partial charge in [-0.3, -0.25) is 0 Å². The van der Waals surface area contributed by atoms with E-state index in [2.05, 4.69) is 11.5 Å². The number of hydrogen-bond acceptors (Lipinski definition) is 4. The Labute approximate surface area is 90.5 Å². The third-order valence-electron chi connectivity index (χ3n) is 2.42. The molecule has 0 aromatic heterocycles. The van der Waals surface area contributed by atoms with Gasteiger partial charge in [-0.2, -0.15) is 0 Å². The highest BCUT2D eigenvalue weighted by Crippen LogP contribution is 2.07. The second-order valence-corrected chi connectivity index (χ2v) is 4.04. The number of carbonyl (C=O) groups excluding carboxylic acids is 1. The van der Waals surface area contributed by atoms with Crippen LogP contribution in [0, 0.1) is 0 Å². The fourth-order valence-electron chi connectivity index (χ4n) is 1.61. The Kier molecular flexibility index (Phi) is 4.78. The van der Waals surface area contributed by atoms with E-state index in [0.29, 0.717) is 12.1 Å². The average molecular weight is 213 g/mol. The number of nitrogens with zero attached hydrogens (tertiary/aromatic N) is 1. The lowest BCUT2D eigenvalue weighted by Crippen LogP contribution is -2.33. The molecule has 0 aromatic rings. The van der Waals surface area contributed by atoms with E-state index >= 15 is 0 Å². The molecule has 0 amide bonds. The van der Waals surface area contributed by atoms with E-state index < -0.39 is 12.1 Å². The van der Waals surface area contributed by atoms with E-state index in [9.17, 15) is 9.90 Å². The zero-order chi connectivity index (χ0) is 11.3. The predicted octanol–water partition coefficient (Wildman–Crippen LogP) is 0.562. The topological polar surface area (TPSA) is 49.8 Å². The number of rotatable bonds is 5. The van der Waals surface area contributed by atoms with Crippen molar-refractivity contribution in [3.63, 3.8) is 0 Å². The molecule has 15 heavy (non-hydrogen) atoms. The third-order valence-corrected chi connectivity index (χ3v) is 2.42. The SMILES string of the molecule is C=C(C)C(=O)OCC(O)CN1CCCC1. The number of carbonyl (C=O) groups is 1. The van der Waals surface area contributed by atoms with Gasteiger partial charge in [0.15, 0.2) is 0 Å². The quantitative estimate of drug-likeness (QED) is 0.535. The number of β-amino-alcohol motifs (C(OH)–C–C–N with tert-alkyl or cyclic N) is 1. The van der Waals surface area contributed by atoms with Crippen LogP contribution in [0.25, 0.3) is 0 Å². The van der Waals surface area contributed by atoms with Gasteiger partial charge in [0.1, 0.15) is 12.7 Å². The maximum Gasteiger partial charge on any atom is 0.333 e. The Morgan fingerprint density at radius 2 is 2.13 bits per heavy atom. The number of hydrogen-bond donors (Lipinski definition) is 1. The Morgan fingerprint density at radius 1 is 1.53 bits per heavy atom. The van der Waals surface area contributed by atoms with Crippen LogP contribution in [-0.2, 0) is 9.53 Å². The lowest BCUT2D eigenvalue weighted by molar-refractivity contribution is -0.142. The van der Waals surface area contributed by atoms with Crippen LogP contribution in [0.2, 0.25) is 0 Å². The van der Waals surface area contributed by atoms with Crippen LogP contribution >= 0.6 is 0 Å². The molecule has 0 saturated carbocycles. The lowest BCUT2D eigenvalue weighted by atomic mass is 10.3. The summed E-state index contributed by atoms with van der Waals surface area (Å²) < 4.78 is 4.86. The fourth-order valence-corrected chi connectivity index (χ4v) is 1.61. The van der Waals surface area contributed by atoms with Crippen molar-refractivity contribution in [2.24, 2.45) is 0 Å². The van der Waals surface area contributed by atoms with Crippen LogP contribution in [0.15, 0.2) is 12.2 Å². The molecule has 4 heteroatoms. The maximum absolute atomic E-state index is 11.0. The summed E-state index contributed by atoms with van der Waals surface area (Å²) in [6.07, 6.45) is 1.79. The molecule has 0 radical (unpaired) electrons. The Hall–Kier alpha value is -0.870. The van der Waals surface area contributed by atoms with Gasteiger partial charge in [-0.25, -0.2) is 4.79 Å². The third kappa shape index (κ3) is 4.44. The first-order valence-electron chi connectivity index (χ1n) is 5.32. The van der Waals surface area contributed by atoms with Crippen molar-refractivity contribution in [1.82, 2.24) is 4.90 Å². The molecular formula is C11H19NO3. The summed E-state index contributed by atoms with van der Waals surface area (Å²) in [5.41, 5.74) is 0.364. The van der Waals surface area contributed by atoms with Crippen LogP contribution in [0.4, 0.5) is 0 Å². The number of ether oxygens (including phenoxy) is 1. The zero-order valence-electron chi connectivity index (χ0n) is 9.24. The summed E-state index contributed by atoms with van der Waals surface area (Å²) in [6.45, 7) is 7.77. The summed E-state index contributed by atoms with van der Waals surface area (Å²) in [7, 11) is 0. The first-order valence-corrected chi connectivity index (χ1v) is 5.32. The first-order chi connectivity index (χ1) is 7.09. The Morgan fingerprint density at radius 3 is 2.67 bits per heavy atom. The molecule has 0 aromatic carbocycles. The summed E-state index contributed by atoms with van der Waals surface area (Å²) in [6, 6.07) is 0. The van der Waals surface area contributed by atoms with Gasteiger partial charge in [0.25, 0.3) is 0 Å². The van der Waals surface area contributed by atoms with Crippen LogP contribution < -0.4 is 0 Å². The van der Waals surface area contributed by atoms with Gasteiger partial charge in [-0.1, -0.05) is 6.58 Å². The summed E-state index contributed by atoms with van der Waals surface area (Å²) in [5, 5.41) is 9.59. The van der Waals surface area contributed by atoms with Crippen molar-refractivity contribution in [3.8, 4) is 0 Å². The van der Waals surface area contributed by atoms with Gasteiger partial charge in [0.05, 0.1) is 0 Å². The highest BCUT2D eigenvalue weighted by Gasteiger charge is 2.16. The largest absolute Gasteiger partial charge is 0.460 e. The average Bonchev–Trinajstić information content (AvgIpc) is 2.66. The minimum atomic E-state index is -0.591. The van der Waals surface area contributed by atoms with Crippen molar-refractivity contribution in [3.05, 3.63) is 12.2 Å². The highest BCUT2D eigenvalue weighted by atomic mass is 16.5. The van der Waals surface area contributed by atoms with Crippen molar-refractivity contribution in [2.75, 3.05) is 26.2 Å². The van der Waals surface area contributed by atoms with Crippen molar-refractivity contribution in [1.29, 1.82) is 0 Å². The number of esters is 1. The van der Waals surface area contributed by atoms with Crippen LogP contribution in [0.3, 0.4) is 0 Å². The summed E-state index contributed by atoms with van der Waals surface area (Å²) in [5.74, 6) is -0.435. The molecule has 1 atom stereocenters. The second kappa shape index (κ2) is 5.88. The number of likely N-dealkylation sites (tertiary alicyclic amines) is 1. The highest BCUT2D eigenvalue weighted by molar-refractivity contribution is 5.86. The lowest BCUT2D eigenvalue weighted by Gasteiger charge is -2.19. The zero-order valence-corrected chi connectivity index (χ0v) is 9.24. The molecular weight excluding hydrogens is 194 g/mol. The molecule has 1 heterocycles. The molecule has 4 nitrogen and oxygen atoms in total. The van der Waals surface area contributed by atoms with E-state index in [-0.39, 0.29) is 6.61 Å². The van der Waals surface area contributed by atoms with Gasteiger partial charge in [-0.05, 0) is 32.9 Å². The monoisotopic (exact) mass is 213 g/mol. The number of aliphatic hydroxyl groups is 1. The maximum atomic E-state index is 11.0. The minimum Gasteiger partial charge on any atom is -0.460 e. The molecule has 1 N–H and O–H groups in total. The molecule has 1 aliphatic heterocycles. The van der Waals surface area contributed by atoms with Crippen LogP contribution in [0.1, 0.15) is 19.8 Å². The molecule has 1 rings (SSSR count). The van der Waals surface area contributed by atoms with Crippen LogP contribution in [0.5, 0.6) is 0 Å². The standard InChI is InChI=1S/C11H19NO3/c1-9(2)11(14)15-8-10(13)7-12-5-3-4-6-12/h10,13H,1,3-8H2,2H3. The van der Waals surface area contributed by atoms with Crippen molar-refractivity contribution >= 4 is 5.97 Å². The van der Waals surface area contributed by atoms with E-state index in [1.54, 1.807) is 6.92 Å². The Balaban J connectivity index is 2.15. The Bertz CT molecular complexity index is 234. The fraction of sp³-hybridized carbons (Fsp3) is 0.727. The smallest absolute Gasteiger partial charge is 0.333 e. The molecule has 1 unspecified atom stereocenters. The summed E-state index contributed by atoms with van der Waals surface area (Å²) >= 11 is 0. The van der Waals surface area contributed by atoms with Gasteiger partial charge in [-0.15, -0.1) is 0 Å².